The Morgan fingerprint density at radius 3 is 2.37 bits per heavy atom. The van der Waals surface area contributed by atoms with Crippen LogP contribution in [0.15, 0.2) is 59.6 Å². The summed E-state index contributed by atoms with van der Waals surface area (Å²) in [7, 11) is -2.31. The number of rotatable bonds is 11. The molecule has 3 rings (SSSR count). The van der Waals surface area contributed by atoms with E-state index in [1.165, 1.54) is 31.3 Å². The number of halogens is 1. The van der Waals surface area contributed by atoms with E-state index < -0.39 is 15.8 Å². The summed E-state index contributed by atoms with van der Waals surface area (Å²) in [5.41, 5.74) is 1.08. The second-order valence-corrected chi connectivity index (χ2v) is 9.01. The maximum absolute atomic E-state index is 14.2. The van der Waals surface area contributed by atoms with Crippen LogP contribution in [0, 0.1) is 18.2 Å². The first kappa shape index (κ1) is 28.2. The monoisotopic (exact) mass is 507 g/mol. The van der Waals surface area contributed by atoms with Crippen LogP contribution in [-0.4, -0.2) is 78.7 Å². The van der Waals surface area contributed by atoms with Crippen LogP contribution in [-0.2, 0) is 14.8 Å². The zero-order chi connectivity index (χ0) is 24.6. The first-order valence-electron chi connectivity index (χ1n) is 10.1. The van der Waals surface area contributed by atoms with E-state index in [-0.39, 0.29) is 65.8 Å². The molecule has 0 bridgehead atoms. The summed E-state index contributed by atoms with van der Waals surface area (Å²) in [6.45, 7) is 0.234. The number of carbonyl (C=O) groups is 1. The molecule has 1 aromatic heterocycles. The third-order valence-electron chi connectivity index (χ3n) is 4.56. The number of aromatic nitrogens is 2. The van der Waals surface area contributed by atoms with Crippen molar-refractivity contribution >= 4 is 69.0 Å². The van der Waals surface area contributed by atoms with Crippen molar-refractivity contribution in [3.05, 3.63) is 60.5 Å². The Kier molecular flexibility index (Phi) is 10.6. The summed E-state index contributed by atoms with van der Waals surface area (Å²) < 4.78 is 45.7. The van der Waals surface area contributed by atoms with Crippen molar-refractivity contribution in [3.8, 4) is 18.1 Å². The van der Waals surface area contributed by atoms with E-state index in [0.29, 0.717) is 23.4 Å². The van der Waals surface area contributed by atoms with E-state index in [1.54, 1.807) is 24.3 Å². The third-order valence-corrected chi connectivity index (χ3v) is 6.43. The Hall–Kier alpha value is -3.01. The van der Waals surface area contributed by atoms with Gasteiger partial charge in [0.05, 0.1) is 11.1 Å². The van der Waals surface area contributed by atoms with E-state index in [4.69, 9.17) is 11.2 Å². The number of nitrogens with one attached hydrogen (secondary N) is 2. The molecule has 12 heteroatoms. The fourth-order valence-corrected chi connectivity index (χ4v) is 3.97. The number of hydrogen-bond acceptors (Lipinski definition) is 8. The molecule has 178 valence electrons. The Morgan fingerprint density at radius 2 is 1.74 bits per heavy atom. The molecule has 0 spiro atoms. The molecule has 0 fully saturated rings. The van der Waals surface area contributed by atoms with Crippen LogP contribution < -0.4 is 15.4 Å². The molecule has 2 aromatic carbocycles. The van der Waals surface area contributed by atoms with Crippen molar-refractivity contribution in [1.29, 1.82) is 0 Å². The molecular weight excluding hydrogens is 484 g/mol. The number of benzene rings is 2. The molecule has 0 atom stereocenters. The molecule has 2 N–H and O–H groups in total. The van der Waals surface area contributed by atoms with Gasteiger partial charge < -0.3 is 20.2 Å². The van der Waals surface area contributed by atoms with Crippen LogP contribution in [0.1, 0.15) is 6.42 Å². The molecular formula is C23H23FN5NaO4S. The van der Waals surface area contributed by atoms with E-state index in [0.717, 1.165) is 10.5 Å². The van der Waals surface area contributed by atoms with Crippen molar-refractivity contribution < 1.29 is 22.3 Å². The molecule has 0 saturated carbocycles. The zero-order valence-electron chi connectivity index (χ0n) is 18.2. The first-order valence-corrected chi connectivity index (χ1v) is 11.5. The number of hydrogen-bond donors (Lipinski definition) is 2. The van der Waals surface area contributed by atoms with Gasteiger partial charge in [-0.2, -0.15) is 4.98 Å². The number of aldehydes is 1. The average molecular weight is 508 g/mol. The van der Waals surface area contributed by atoms with E-state index in [9.17, 15) is 17.6 Å². The standard InChI is InChI=1S/C23H22FN5O4S.Na.H/c1-3-15-33-19-9-5-17(6-10-19)26-22-21(24)16-25-23(28-22)27-18-7-11-20(12-8-18)34(31,32)29(2)13-4-14-30;;/h1,5-12,14,16H,4,13,15H2,2H3,(H2,25,26,27,28);;. The Balaban J connectivity index is 0.00000432. The molecule has 9 nitrogen and oxygen atoms in total. The van der Waals surface area contributed by atoms with Crippen LogP contribution in [0.5, 0.6) is 5.75 Å². The number of anilines is 4. The predicted octanol–water partition coefficient (Wildman–Crippen LogP) is 2.68. The number of ether oxygens (including phenoxy) is 1. The fourth-order valence-electron chi connectivity index (χ4n) is 2.79. The van der Waals surface area contributed by atoms with Crippen molar-refractivity contribution in [2.24, 2.45) is 0 Å². The molecule has 0 radical (unpaired) electrons. The van der Waals surface area contributed by atoms with Gasteiger partial charge in [-0.15, -0.1) is 6.42 Å². The SMILES string of the molecule is C#CCOc1ccc(Nc2nc(Nc3ccc(S(=O)(=O)N(C)CCC=O)cc3)ncc2F)cc1.[NaH]. The van der Waals surface area contributed by atoms with Gasteiger partial charge in [-0.3, -0.25) is 0 Å². The van der Waals surface area contributed by atoms with Crippen molar-refractivity contribution in [2.45, 2.75) is 11.3 Å². The van der Waals surface area contributed by atoms with Gasteiger partial charge in [0.1, 0.15) is 18.6 Å². The topological polar surface area (TPSA) is 114 Å². The van der Waals surface area contributed by atoms with Crippen LogP contribution in [0.2, 0.25) is 0 Å². The van der Waals surface area contributed by atoms with Crippen molar-refractivity contribution in [1.82, 2.24) is 14.3 Å². The molecule has 0 aliphatic carbocycles. The molecule has 0 unspecified atom stereocenters. The molecule has 35 heavy (non-hydrogen) atoms. The first-order chi connectivity index (χ1) is 16.3. The maximum atomic E-state index is 14.2. The molecule has 1 heterocycles. The minimum absolute atomic E-state index is 0. The van der Waals surface area contributed by atoms with Gasteiger partial charge in [-0.1, -0.05) is 5.92 Å². The minimum atomic E-state index is -3.72. The second kappa shape index (κ2) is 13.2. The third kappa shape index (κ3) is 7.74. The Morgan fingerprint density at radius 1 is 1.11 bits per heavy atom. The predicted molar refractivity (Wildman–Crippen MR) is 133 cm³/mol. The van der Waals surface area contributed by atoms with Gasteiger partial charge in [-0.05, 0) is 48.5 Å². The summed E-state index contributed by atoms with van der Waals surface area (Å²) in [4.78, 5) is 18.6. The van der Waals surface area contributed by atoms with Gasteiger partial charge in [0.15, 0.2) is 11.6 Å². The van der Waals surface area contributed by atoms with E-state index in [1.807, 2.05) is 0 Å². The van der Waals surface area contributed by atoms with Crippen molar-refractivity contribution in [2.75, 3.05) is 30.8 Å². The summed E-state index contributed by atoms with van der Waals surface area (Å²) in [6, 6.07) is 12.7. The number of carbonyl (C=O) groups excluding carboxylic acids is 1. The zero-order valence-corrected chi connectivity index (χ0v) is 19.0. The summed E-state index contributed by atoms with van der Waals surface area (Å²) in [6.07, 6.45) is 6.95. The Bertz CT molecular complexity index is 1280. The van der Waals surface area contributed by atoms with Gasteiger partial charge in [-0.25, -0.2) is 22.1 Å². The second-order valence-electron chi connectivity index (χ2n) is 6.96. The van der Waals surface area contributed by atoms with E-state index >= 15 is 0 Å². The number of nitrogens with zero attached hydrogens (tertiary/aromatic N) is 3. The van der Waals surface area contributed by atoms with Crippen molar-refractivity contribution in [3.63, 3.8) is 0 Å². The summed E-state index contributed by atoms with van der Waals surface area (Å²) in [5.74, 6) is 2.35. The van der Waals surface area contributed by atoms with Gasteiger partial charge >= 0.3 is 29.6 Å². The van der Waals surface area contributed by atoms with Crippen LogP contribution >= 0.6 is 0 Å². The van der Waals surface area contributed by atoms with Gasteiger partial charge in [0.2, 0.25) is 16.0 Å². The Labute approximate surface area is 225 Å². The molecule has 0 amide bonds. The summed E-state index contributed by atoms with van der Waals surface area (Å²) >= 11 is 0. The molecule has 3 aromatic rings. The summed E-state index contributed by atoms with van der Waals surface area (Å²) in [5, 5.41) is 5.78. The van der Waals surface area contributed by atoms with Gasteiger partial charge in [0.25, 0.3) is 0 Å². The normalized spacial score (nSPS) is 10.7. The molecule has 0 saturated heterocycles. The van der Waals surface area contributed by atoms with Crippen LogP contribution in [0.4, 0.5) is 27.5 Å². The molecule has 0 aliphatic heterocycles. The van der Waals surface area contributed by atoms with Gasteiger partial charge in [0, 0.05) is 31.4 Å². The molecule has 0 aliphatic rings. The van der Waals surface area contributed by atoms with E-state index in [2.05, 4.69) is 26.5 Å². The average Bonchev–Trinajstić information content (AvgIpc) is 2.84. The number of sulfonamides is 1. The fraction of sp³-hybridized carbons (Fsp3) is 0.174. The quantitative estimate of drug-likeness (QED) is 0.231. The van der Waals surface area contributed by atoms with Crippen LogP contribution in [0.25, 0.3) is 0 Å². The number of terminal acetylenes is 1. The van der Waals surface area contributed by atoms with Crippen LogP contribution in [0.3, 0.4) is 0 Å².